The van der Waals surface area contributed by atoms with Crippen LogP contribution in [0, 0.1) is 0 Å². The van der Waals surface area contributed by atoms with Crippen molar-refractivity contribution in [3.63, 3.8) is 0 Å². The average Bonchev–Trinajstić information content (AvgIpc) is 2.15. The minimum atomic E-state index is -4.37. The van der Waals surface area contributed by atoms with Gasteiger partial charge in [0.2, 0.25) is 0 Å². The predicted octanol–water partition coefficient (Wildman–Crippen LogP) is 3.35. The molecule has 5 heteroatoms. The molecule has 2 nitrogen and oxygen atoms in total. The number of carboxylic acid groups (broad SMARTS) is 1. The van der Waals surface area contributed by atoms with E-state index in [-0.39, 0.29) is 17.2 Å². The highest BCUT2D eigenvalue weighted by Crippen LogP contribution is 2.23. The first-order chi connectivity index (χ1) is 7.29. The van der Waals surface area contributed by atoms with Crippen molar-refractivity contribution in [3.05, 3.63) is 41.5 Å². The summed E-state index contributed by atoms with van der Waals surface area (Å²) in [4.78, 5) is 10.5. The number of carboxylic acids is 1. The molecular weight excluding hydrogens is 221 g/mol. The molecule has 0 aliphatic carbocycles. The second-order valence-corrected chi connectivity index (χ2v) is 3.25. The van der Waals surface area contributed by atoms with Crippen LogP contribution in [0.15, 0.2) is 30.3 Å². The Bertz CT molecular complexity index is 416. The van der Waals surface area contributed by atoms with Crippen molar-refractivity contribution in [1.29, 1.82) is 0 Å². The molecule has 0 aromatic heterocycles. The van der Waals surface area contributed by atoms with Crippen LogP contribution in [-0.2, 0) is 0 Å². The van der Waals surface area contributed by atoms with Crippen LogP contribution in [0.25, 0.3) is 5.57 Å². The Morgan fingerprint density at radius 2 is 1.62 bits per heavy atom. The molecule has 0 bridgehead atoms. The molecule has 1 aromatic rings. The van der Waals surface area contributed by atoms with E-state index in [1.165, 1.54) is 31.2 Å². The van der Waals surface area contributed by atoms with E-state index in [1.54, 1.807) is 0 Å². The van der Waals surface area contributed by atoms with E-state index in [0.717, 1.165) is 0 Å². The van der Waals surface area contributed by atoms with Crippen LogP contribution >= 0.6 is 0 Å². The van der Waals surface area contributed by atoms with Gasteiger partial charge in [-0.1, -0.05) is 12.1 Å². The van der Waals surface area contributed by atoms with E-state index in [2.05, 4.69) is 0 Å². The van der Waals surface area contributed by atoms with Crippen molar-refractivity contribution >= 4 is 11.5 Å². The van der Waals surface area contributed by atoms with Gasteiger partial charge in [-0.3, -0.25) is 0 Å². The summed E-state index contributed by atoms with van der Waals surface area (Å²) in [6, 6.07) is 5.23. The molecule has 16 heavy (non-hydrogen) atoms. The summed E-state index contributed by atoms with van der Waals surface area (Å²) < 4.78 is 36.1. The zero-order chi connectivity index (χ0) is 12.3. The van der Waals surface area contributed by atoms with Gasteiger partial charge in [0.1, 0.15) is 0 Å². The lowest BCUT2D eigenvalue weighted by Gasteiger charge is -2.04. The standard InChI is InChI=1S/C11H9F3O2/c1-7(6-11(12,13)14)8-2-4-9(5-3-8)10(15)16/h2-6H,1H3,(H,15,16)/b7-6+. The Kier molecular flexibility index (Phi) is 3.37. The zero-order valence-electron chi connectivity index (χ0n) is 8.38. The Morgan fingerprint density at radius 1 is 1.19 bits per heavy atom. The van der Waals surface area contributed by atoms with Gasteiger partial charge in [0.15, 0.2) is 0 Å². The normalized spacial score (nSPS) is 12.6. The van der Waals surface area contributed by atoms with Gasteiger partial charge < -0.3 is 5.11 Å². The van der Waals surface area contributed by atoms with Gasteiger partial charge in [-0.05, 0) is 30.2 Å². The molecule has 1 aromatic carbocycles. The van der Waals surface area contributed by atoms with Gasteiger partial charge in [-0.15, -0.1) is 0 Å². The molecule has 0 spiro atoms. The number of hydrogen-bond donors (Lipinski definition) is 1. The number of allylic oxidation sites excluding steroid dienone is 2. The monoisotopic (exact) mass is 230 g/mol. The van der Waals surface area contributed by atoms with E-state index in [4.69, 9.17) is 5.11 Å². The number of carbonyl (C=O) groups is 1. The number of benzene rings is 1. The van der Waals surface area contributed by atoms with Crippen molar-refractivity contribution in [2.75, 3.05) is 0 Å². The van der Waals surface area contributed by atoms with Crippen LogP contribution in [0.3, 0.4) is 0 Å². The molecule has 0 amide bonds. The topological polar surface area (TPSA) is 37.3 Å². The van der Waals surface area contributed by atoms with Crippen molar-refractivity contribution in [2.45, 2.75) is 13.1 Å². The highest BCUT2D eigenvalue weighted by Gasteiger charge is 2.23. The quantitative estimate of drug-likeness (QED) is 0.845. The number of aromatic carboxylic acids is 1. The number of hydrogen-bond acceptors (Lipinski definition) is 1. The highest BCUT2D eigenvalue weighted by molar-refractivity contribution is 5.88. The van der Waals surface area contributed by atoms with Crippen LogP contribution in [0.5, 0.6) is 0 Å². The van der Waals surface area contributed by atoms with Gasteiger partial charge in [0.05, 0.1) is 5.56 Å². The molecule has 0 atom stereocenters. The molecule has 0 saturated heterocycles. The molecule has 0 aliphatic heterocycles. The Labute approximate surface area is 90.0 Å². The van der Waals surface area contributed by atoms with E-state index in [9.17, 15) is 18.0 Å². The molecule has 0 radical (unpaired) electrons. The molecule has 0 heterocycles. The lowest BCUT2D eigenvalue weighted by molar-refractivity contribution is -0.0793. The van der Waals surface area contributed by atoms with Crippen LogP contribution in [0.1, 0.15) is 22.8 Å². The smallest absolute Gasteiger partial charge is 0.410 e. The summed E-state index contributed by atoms with van der Waals surface area (Å²) in [5, 5.41) is 8.61. The molecule has 0 unspecified atom stereocenters. The third-order valence-electron chi connectivity index (χ3n) is 1.97. The second-order valence-electron chi connectivity index (χ2n) is 3.25. The maximum absolute atomic E-state index is 12.0. The average molecular weight is 230 g/mol. The highest BCUT2D eigenvalue weighted by atomic mass is 19.4. The van der Waals surface area contributed by atoms with Crippen molar-refractivity contribution in [3.8, 4) is 0 Å². The first-order valence-electron chi connectivity index (χ1n) is 4.39. The lowest BCUT2D eigenvalue weighted by atomic mass is 10.1. The number of rotatable bonds is 2. The predicted molar refractivity (Wildman–Crippen MR) is 53.1 cm³/mol. The summed E-state index contributed by atoms with van der Waals surface area (Å²) in [6.07, 6.45) is -4.18. The zero-order valence-corrected chi connectivity index (χ0v) is 8.38. The van der Waals surface area contributed by atoms with E-state index < -0.39 is 12.1 Å². The SMILES string of the molecule is C/C(=C\C(F)(F)F)c1ccc(C(=O)O)cc1. The largest absolute Gasteiger partial charge is 0.478 e. The van der Waals surface area contributed by atoms with Gasteiger partial charge >= 0.3 is 12.1 Å². The summed E-state index contributed by atoms with van der Waals surface area (Å²) in [5.41, 5.74) is 0.440. The van der Waals surface area contributed by atoms with Crippen LogP contribution < -0.4 is 0 Å². The third-order valence-corrected chi connectivity index (χ3v) is 1.97. The van der Waals surface area contributed by atoms with Gasteiger partial charge in [-0.25, -0.2) is 4.79 Å². The van der Waals surface area contributed by atoms with Gasteiger partial charge in [0.25, 0.3) is 0 Å². The van der Waals surface area contributed by atoms with Gasteiger partial charge in [-0.2, -0.15) is 13.2 Å². The minimum Gasteiger partial charge on any atom is -0.478 e. The first kappa shape index (κ1) is 12.3. The Morgan fingerprint density at radius 3 is 2.00 bits per heavy atom. The summed E-state index contributed by atoms with van der Waals surface area (Å²) in [6.45, 7) is 1.32. The molecule has 0 fully saturated rings. The van der Waals surface area contributed by atoms with E-state index in [1.807, 2.05) is 0 Å². The minimum absolute atomic E-state index is 0.0450. The number of halogens is 3. The first-order valence-corrected chi connectivity index (χ1v) is 4.39. The fourth-order valence-corrected chi connectivity index (χ4v) is 1.20. The fourth-order valence-electron chi connectivity index (χ4n) is 1.20. The van der Waals surface area contributed by atoms with Crippen LogP contribution in [0.4, 0.5) is 13.2 Å². The fraction of sp³-hybridized carbons (Fsp3) is 0.182. The van der Waals surface area contributed by atoms with Crippen LogP contribution in [0.2, 0.25) is 0 Å². The summed E-state index contributed by atoms with van der Waals surface area (Å²) in [5.74, 6) is -1.11. The molecule has 86 valence electrons. The second kappa shape index (κ2) is 4.38. The van der Waals surface area contributed by atoms with E-state index >= 15 is 0 Å². The van der Waals surface area contributed by atoms with Gasteiger partial charge in [0, 0.05) is 6.08 Å². The molecule has 0 saturated carbocycles. The van der Waals surface area contributed by atoms with Crippen LogP contribution in [-0.4, -0.2) is 17.3 Å². The Hall–Kier alpha value is -1.78. The molecule has 1 N–H and O–H groups in total. The van der Waals surface area contributed by atoms with Crippen molar-refractivity contribution in [1.82, 2.24) is 0 Å². The lowest BCUT2D eigenvalue weighted by Crippen LogP contribution is -2.02. The Balaban J connectivity index is 2.99. The molecule has 1 rings (SSSR count). The summed E-state index contributed by atoms with van der Waals surface area (Å²) in [7, 11) is 0. The van der Waals surface area contributed by atoms with E-state index in [0.29, 0.717) is 5.56 Å². The molecule has 0 aliphatic rings. The van der Waals surface area contributed by atoms with Crippen molar-refractivity contribution < 1.29 is 23.1 Å². The molecular formula is C11H9F3O2. The maximum Gasteiger partial charge on any atom is 0.410 e. The number of alkyl halides is 3. The third kappa shape index (κ3) is 3.42. The maximum atomic E-state index is 12.0. The summed E-state index contributed by atoms with van der Waals surface area (Å²) >= 11 is 0. The van der Waals surface area contributed by atoms with Crippen molar-refractivity contribution in [2.24, 2.45) is 0 Å².